The molecule has 296 valence electrons. The van der Waals surface area contributed by atoms with Crippen molar-refractivity contribution in [2.24, 2.45) is 11.8 Å². The molecule has 1 aromatic carbocycles. The molecule has 2 saturated heterocycles. The Morgan fingerprint density at radius 3 is 1.82 bits per heavy atom. The van der Waals surface area contributed by atoms with Gasteiger partial charge in [-0.15, -0.1) is 24.8 Å². The van der Waals surface area contributed by atoms with Gasteiger partial charge >= 0.3 is 12.2 Å². The van der Waals surface area contributed by atoms with Crippen LogP contribution in [-0.2, 0) is 19.1 Å². The van der Waals surface area contributed by atoms with E-state index in [1.165, 1.54) is 14.2 Å². The summed E-state index contributed by atoms with van der Waals surface area (Å²) in [4.78, 5) is 70.3. The van der Waals surface area contributed by atoms with Crippen molar-refractivity contribution >= 4 is 71.4 Å². The van der Waals surface area contributed by atoms with Gasteiger partial charge in [0.2, 0.25) is 11.8 Å². The molecular formula is C38H47Cl2IN8O6. The second-order valence-corrected chi connectivity index (χ2v) is 14.7. The van der Waals surface area contributed by atoms with Crippen molar-refractivity contribution in [3.63, 3.8) is 0 Å². The number of ether oxygens (including phenoxy) is 2. The lowest BCUT2D eigenvalue weighted by atomic mass is 10.0. The fourth-order valence-corrected chi connectivity index (χ4v) is 7.30. The van der Waals surface area contributed by atoms with Gasteiger partial charge in [-0.3, -0.25) is 9.59 Å². The molecule has 2 aromatic heterocycles. The van der Waals surface area contributed by atoms with E-state index in [0.29, 0.717) is 30.4 Å². The molecule has 5 rings (SSSR count). The van der Waals surface area contributed by atoms with Crippen LogP contribution in [0, 0.1) is 39.2 Å². The predicted octanol–water partition coefficient (Wildman–Crippen LogP) is 5.74. The second-order valence-electron chi connectivity index (χ2n) is 13.6. The van der Waals surface area contributed by atoms with E-state index >= 15 is 0 Å². The van der Waals surface area contributed by atoms with Crippen molar-refractivity contribution < 1.29 is 28.7 Å². The number of aromatic nitrogens is 4. The monoisotopic (exact) mass is 908 g/mol. The molecular weight excluding hydrogens is 862 g/mol. The minimum absolute atomic E-state index is 0. The first-order valence-electron chi connectivity index (χ1n) is 17.6. The van der Waals surface area contributed by atoms with Crippen molar-refractivity contribution in [3.05, 3.63) is 57.1 Å². The van der Waals surface area contributed by atoms with Crippen LogP contribution in [0.3, 0.4) is 0 Å². The van der Waals surface area contributed by atoms with Gasteiger partial charge in [0.15, 0.2) is 0 Å². The number of imidazole rings is 2. The van der Waals surface area contributed by atoms with Gasteiger partial charge in [-0.25, -0.2) is 19.6 Å². The summed E-state index contributed by atoms with van der Waals surface area (Å²) in [6.07, 6.45) is 3.53. The molecule has 0 aliphatic carbocycles. The highest BCUT2D eigenvalue weighted by Gasteiger charge is 2.39. The van der Waals surface area contributed by atoms with Gasteiger partial charge in [0, 0.05) is 24.2 Å². The fourth-order valence-electron chi connectivity index (χ4n) is 6.59. The van der Waals surface area contributed by atoms with E-state index in [1.54, 1.807) is 16.0 Å². The molecule has 0 saturated carbocycles. The number of alkyl carbamates (subject to hydrolysis) is 2. The number of rotatable bonds is 9. The summed E-state index contributed by atoms with van der Waals surface area (Å²) < 4.78 is 10.3. The number of amides is 4. The minimum atomic E-state index is -0.705. The maximum atomic E-state index is 13.5. The van der Waals surface area contributed by atoms with Gasteiger partial charge in [0.25, 0.3) is 0 Å². The van der Waals surface area contributed by atoms with Crippen molar-refractivity contribution in [3.8, 4) is 34.9 Å². The third-order valence-electron chi connectivity index (χ3n) is 9.38. The Bertz CT molecular complexity index is 1940. The number of halogens is 3. The van der Waals surface area contributed by atoms with Crippen molar-refractivity contribution in [1.82, 2.24) is 40.4 Å². The van der Waals surface area contributed by atoms with Crippen molar-refractivity contribution in [2.45, 2.75) is 77.5 Å². The zero-order valence-corrected chi connectivity index (χ0v) is 35.3. The quantitative estimate of drug-likeness (QED) is 0.155. The molecule has 3 aromatic rings. The number of aromatic amines is 2. The van der Waals surface area contributed by atoms with Crippen LogP contribution in [0.2, 0.25) is 0 Å². The van der Waals surface area contributed by atoms with E-state index in [4.69, 9.17) is 14.5 Å². The van der Waals surface area contributed by atoms with Gasteiger partial charge in [-0.1, -0.05) is 45.7 Å². The lowest BCUT2D eigenvalue weighted by molar-refractivity contribution is -0.136. The Morgan fingerprint density at radius 1 is 0.800 bits per heavy atom. The first-order chi connectivity index (χ1) is 25.4. The maximum Gasteiger partial charge on any atom is 0.407 e. The number of hydrogen-bond acceptors (Lipinski definition) is 8. The Kier molecular flexibility index (Phi) is 16.7. The molecule has 4 N–H and O–H groups in total. The minimum Gasteiger partial charge on any atom is -0.453 e. The third-order valence-corrected chi connectivity index (χ3v) is 10.2. The summed E-state index contributed by atoms with van der Waals surface area (Å²) in [6.45, 7) is 8.69. The zero-order chi connectivity index (χ0) is 38.2. The van der Waals surface area contributed by atoms with Gasteiger partial charge in [0.1, 0.15) is 38.8 Å². The van der Waals surface area contributed by atoms with Crippen LogP contribution >= 0.6 is 47.4 Å². The normalized spacial score (nSPS) is 17.1. The zero-order valence-electron chi connectivity index (χ0n) is 31.5. The summed E-state index contributed by atoms with van der Waals surface area (Å²) in [5.74, 6) is 12.6. The highest BCUT2D eigenvalue weighted by Crippen LogP contribution is 2.35. The van der Waals surface area contributed by atoms with Crippen molar-refractivity contribution in [1.29, 1.82) is 0 Å². The van der Waals surface area contributed by atoms with Crippen LogP contribution in [0.4, 0.5) is 9.59 Å². The van der Waals surface area contributed by atoms with E-state index in [2.05, 4.69) is 71.9 Å². The Labute approximate surface area is 347 Å². The number of carbonyl (C=O) groups is 4. The number of methoxy groups -OCH3 is 2. The first kappa shape index (κ1) is 44.9. The van der Waals surface area contributed by atoms with E-state index in [1.807, 2.05) is 52.0 Å². The van der Waals surface area contributed by atoms with Crippen LogP contribution in [-0.4, -0.2) is 93.1 Å². The summed E-state index contributed by atoms with van der Waals surface area (Å²) in [5.41, 5.74) is 3.05. The molecule has 4 heterocycles. The molecule has 0 radical (unpaired) electrons. The molecule has 17 heteroatoms. The van der Waals surface area contributed by atoms with Crippen LogP contribution in [0.15, 0.2) is 30.5 Å². The summed E-state index contributed by atoms with van der Waals surface area (Å²) >= 11 is 2.22. The Morgan fingerprint density at radius 2 is 1.31 bits per heavy atom. The van der Waals surface area contributed by atoms with Crippen LogP contribution in [0.1, 0.15) is 88.4 Å². The number of benzene rings is 1. The van der Waals surface area contributed by atoms with Crippen LogP contribution < -0.4 is 10.6 Å². The lowest BCUT2D eigenvalue weighted by Gasteiger charge is -2.29. The van der Waals surface area contributed by atoms with E-state index in [-0.39, 0.29) is 60.5 Å². The van der Waals surface area contributed by atoms with Crippen molar-refractivity contribution in [2.75, 3.05) is 27.3 Å². The Hall–Kier alpha value is -4.45. The molecule has 55 heavy (non-hydrogen) atoms. The van der Waals surface area contributed by atoms with Crippen LogP contribution in [0.5, 0.6) is 0 Å². The second kappa shape index (κ2) is 20.5. The van der Waals surface area contributed by atoms with Gasteiger partial charge in [-0.05, 0) is 90.0 Å². The molecule has 2 aliphatic rings. The number of nitrogens with zero attached hydrogens (tertiary/aromatic N) is 4. The Balaban J connectivity index is 0.00000406. The molecule has 4 amide bonds. The number of likely N-dealkylation sites (tertiary alicyclic amines) is 2. The molecule has 2 fully saturated rings. The smallest absolute Gasteiger partial charge is 0.407 e. The highest BCUT2D eigenvalue weighted by atomic mass is 127. The van der Waals surface area contributed by atoms with Gasteiger partial charge in [0.05, 0.1) is 32.5 Å². The molecule has 2 aliphatic heterocycles. The van der Waals surface area contributed by atoms with Gasteiger partial charge < -0.3 is 39.9 Å². The number of carbonyl (C=O) groups excluding carboxylic acids is 4. The summed E-state index contributed by atoms with van der Waals surface area (Å²) in [7, 11) is 2.56. The molecule has 4 atom stereocenters. The number of nitrogens with one attached hydrogen (secondary N) is 4. The summed E-state index contributed by atoms with van der Waals surface area (Å²) in [5, 5.41) is 5.34. The number of hydrogen-bond donors (Lipinski definition) is 4. The lowest BCUT2D eigenvalue weighted by Crippen LogP contribution is -2.51. The van der Waals surface area contributed by atoms with Crippen LogP contribution in [0.25, 0.3) is 11.3 Å². The molecule has 0 bridgehead atoms. The average Bonchev–Trinajstić information content (AvgIpc) is 3.97. The molecule has 0 unspecified atom stereocenters. The molecule has 14 nitrogen and oxygen atoms in total. The topological polar surface area (TPSA) is 175 Å². The van der Waals surface area contributed by atoms with Gasteiger partial charge in [-0.2, -0.15) is 0 Å². The summed E-state index contributed by atoms with van der Waals surface area (Å²) in [6, 6.07) is 5.84. The predicted molar refractivity (Wildman–Crippen MR) is 219 cm³/mol. The van der Waals surface area contributed by atoms with E-state index < -0.39 is 24.3 Å². The fraction of sp³-hybridized carbons (Fsp3) is 0.474. The average molecular weight is 910 g/mol. The SMILES string of the molecule is COC(=O)N[C@H](C(=O)N1CCC[C@H]1c1ncc(C#CC#Cc2ccc(-c3nc([C@@H]4CCCN4C(=O)[C@@H](NC(=O)OC)C(C)C)[nH]c3I)cc2)[nH]1)C(C)C.Cl.Cl. The number of H-pyrrole nitrogens is 2. The highest BCUT2D eigenvalue weighted by molar-refractivity contribution is 14.1. The van der Waals surface area contributed by atoms with E-state index in [9.17, 15) is 19.2 Å². The largest absolute Gasteiger partial charge is 0.453 e. The molecule has 0 spiro atoms. The van der Waals surface area contributed by atoms with E-state index in [0.717, 1.165) is 46.2 Å². The maximum absolute atomic E-state index is 13.5. The standard InChI is InChI=1S/C38H45IN8O6.2ClH/c1-22(2)29(43-37(50)52-5)35(48)46-19-9-13-27(46)33-40-21-26(41-33)12-8-7-11-24-15-17-25(18-16-24)31-32(39)45-34(42-31)28-14-10-20-47(28)36(49)30(23(3)4)44-38(51)53-6;;/h15-18,21-23,27-30H,9-10,13-14,19-20H2,1-6H3,(H,40,41)(H,42,45)(H,43,50)(H,44,51);2*1H/t27-,28-,29-,30-;;/m0../s1. The first-order valence-corrected chi connectivity index (χ1v) is 18.7. The third kappa shape index (κ3) is 10.9.